The highest BCUT2D eigenvalue weighted by molar-refractivity contribution is 9.10. The molecule has 0 saturated carbocycles. The van der Waals surface area contributed by atoms with Gasteiger partial charge in [-0.15, -0.1) is 0 Å². The summed E-state index contributed by atoms with van der Waals surface area (Å²) in [4.78, 5) is 16.1. The quantitative estimate of drug-likeness (QED) is 0.817. The van der Waals surface area contributed by atoms with Gasteiger partial charge in [-0.1, -0.05) is 28.1 Å². The fraction of sp³-hybridized carbons (Fsp3) is 0.562. The van der Waals surface area contributed by atoms with Gasteiger partial charge in [-0.25, -0.2) is 0 Å². The second-order valence-electron chi connectivity index (χ2n) is 5.34. The topological polar surface area (TPSA) is 49.6 Å². The summed E-state index contributed by atoms with van der Waals surface area (Å²) >= 11 is 3.44. The highest BCUT2D eigenvalue weighted by Crippen LogP contribution is 2.24. The van der Waals surface area contributed by atoms with Crippen LogP contribution in [-0.4, -0.2) is 48.4 Å². The zero-order valence-electron chi connectivity index (χ0n) is 13.3. The molecule has 2 atom stereocenters. The maximum atomic E-state index is 12.3. The van der Waals surface area contributed by atoms with E-state index in [1.165, 1.54) is 0 Å². The molecule has 21 heavy (non-hydrogen) atoms. The molecular weight excluding hydrogens is 330 g/mol. The van der Waals surface area contributed by atoms with Crippen molar-refractivity contribution in [1.82, 2.24) is 9.80 Å². The molecule has 0 aromatic heterocycles. The van der Waals surface area contributed by atoms with Crippen LogP contribution >= 0.6 is 15.9 Å². The number of likely N-dealkylation sites (N-methyl/N-ethyl adjacent to an activating group) is 2. The van der Waals surface area contributed by atoms with Gasteiger partial charge < -0.3 is 10.6 Å². The van der Waals surface area contributed by atoms with E-state index in [-0.39, 0.29) is 18.0 Å². The van der Waals surface area contributed by atoms with Gasteiger partial charge in [-0.2, -0.15) is 0 Å². The van der Waals surface area contributed by atoms with Gasteiger partial charge in [0.25, 0.3) is 0 Å². The summed E-state index contributed by atoms with van der Waals surface area (Å²) < 4.78 is 1.04. The standard InChI is InChI=1S/C16H26BrN3O/c1-5-20(6-2)15(21)11-19(4)16(12(3)18)13-7-9-14(17)10-8-13/h7-10,12,16H,5-6,11,18H2,1-4H3. The minimum atomic E-state index is -0.0549. The summed E-state index contributed by atoms with van der Waals surface area (Å²) in [5, 5.41) is 0. The van der Waals surface area contributed by atoms with Gasteiger partial charge in [0.1, 0.15) is 0 Å². The highest BCUT2D eigenvalue weighted by Gasteiger charge is 2.24. The predicted octanol–water partition coefficient (Wildman–Crippen LogP) is 2.64. The molecule has 0 aliphatic rings. The Balaban J connectivity index is 2.85. The van der Waals surface area contributed by atoms with Crippen molar-refractivity contribution in [2.75, 3.05) is 26.7 Å². The monoisotopic (exact) mass is 355 g/mol. The first kappa shape index (κ1) is 18.1. The van der Waals surface area contributed by atoms with Gasteiger partial charge in [0.2, 0.25) is 5.91 Å². The predicted molar refractivity (Wildman–Crippen MR) is 91.1 cm³/mol. The first-order valence-corrected chi connectivity index (χ1v) is 8.19. The van der Waals surface area contributed by atoms with Crippen LogP contribution in [0.4, 0.5) is 0 Å². The molecule has 118 valence electrons. The minimum absolute atomic E-state index is 0.0256. The molecule has 0 aliphatic heterocycles. The smallest absolute Gasteiger partial charge is 0.236 e. The SMILES string of the molecule is CCN(CC)C(=O)CN(C)C(c1ccc(Br)cc1)C(C)N. The van der Waals surface area contributed by atoms with Crippen molar-refractivity contribution in [2.24, 2.45) is 5.73 Å². The van der Waals surface area contributed by atoms with Crippen LogP contribution in [0.15, 0.2) is 28.7 Å². The second-order valence-corrected chi connectivity index (χ2v) is 6.25. The van der Waals surface area contributed by atoms with Gasteiger partial charge in [-0.3, -0.25) is 9.69 Å². The third-order valence-electron chi connectivity index (χ3n) is 3.69. The summed E-state index contributed by atoms with van der Waals surface area (Å²) in [6.07, 6.45) is 0. The molecule has 0 radical (unpaired) electrons. The lowest BCUT2D eigenvalue weighted by atomic mass is 9.99. The van der Waals surface area contributed by atoms with Gasteiger partial charge >= 0.3 is 0 Å². The Hall–Kier alpha value is -0.910. The van der Waals surface area contributed by atoms with E-state index < -0.39 is 0 Å². The number of rotatable bonds is 7. The Kier molecular flexibility index (Phi) is 7.35. The van der Waals surface area contributed by atoms with E-state index in [1.807, 2.05) is 49.8 Å². The molecule has 2 N–H and O–H groups in total. The van der Waals surface area contributed by atoms with Crippen LogP contribution in [0.3, 0.4) is 0 Å². The molecular formula is C16H26BrN3O. The van der Waals surface area contributed by atoms with Gasteiger partial charge in [-0.05, 0) is 45.5 Å². The number of hydrogen-bond donors (Lipinski definition) is 1. The number of nitrogens with two attached hydrogens (primary N) is 1. The van der Waals surface area contributed by atoms with Crippen LogP contribution in [0, 0.1) is 0 Å². The molecule has 0 bridgehead atoms. The van der Waals surface area contributed by atoms with Crippen molar-refractivity contribution >= 4 is 21.8 Å². The molecule has 1 aromatic carbocycles. The van der Waals surface area contributed by atoms with Crippen LogP contribution in [0.5, 0.6) is 0 Å². The Labute approximate surface area is 136 Å². The highest BCUT2D eigenvalue weighted by atomic mass is 79.9. The minimum Gasteiger partial charge on any atom is -0.342 e. The van der Waals surface area contributed by atoms with E-state index in [0.717, 1.165) is 23.1 Å². The Morgan fingerprint density at radius 2 is 1.76 bits per heavy atom. The molecule has 1 amide bonds. The summed E-state index contributed by atoms with van der Waals surface area (Å²) in [6, 6.07) is 8.08. The number of halogens is 1. The summed E-state index contributed by atoms with van der Waals surface area (Å²) in [7, 11) is 1.96. The van der Waals surface area contributed by atoms with Crippen LogP contribution in [0.1, 0.15) is 32.4 Å². The number of benzene rings is 1. The Morgan fingerprint density at radius 1 is 1.24 bits per heavy atom. The fourth-order valence-corrected chi connectivity index (χ4v) is 2.87. The molecule has 0 fully saturated rings. The maximum absolute atomic E-state index is 12.3. The van der Waals surface area contributed by atoms with Crippen LogP contribution in [0.25, 0.3) is 0 Å². The molecule has 5 heteroatoms. The third kappa shape index (κ3) is 5.09. The molecule has 0 saturated heterocycles. The first-order chi connectivity index (χ1) is 9.90. The molecule has 1 rings (SSSR count). The molecule has 0 aliphatic carbocycles. The largest absolute Gasteiger partial charge is 0.342 e. The van der Waals surface area contributed by atoms with Crippen molar-refractivity contribution in [3.63, 3.8) is 0 Å². The van der Waals surface area contributed by atoms with Crippen molar-refractivity contribution in [3.05, 3.63) is 34.3 Å². The zero-order valence-corrected chi connectivity index (χ0v) is 14.9. The summed E-state index contributed by atoms with van der Waals surface area (Å²) in [6.45, 7) is 7.84. The lowest BCUT2D eigenvalue weighted by Crippen LogP contribution is -2.44. The molecule has 4 nitrogen and oxygen atoms in total. The van der Waals surface area contributed by atoms with Gasteiger partial charge in [0.15, 0.2) is 0 Å². The first-order valence-electron chi connectivity index (χ1n) is 7.39. The molecule has 2 unspecified atom stereocenters. The van der Waals surface area contributed by atoms with Crippen molar-refractivity contribution in [3.8, 4) is 0 Å². The van der Waals surface area contributed by atoms with Crippen molar-refractivity contribution in [1.29, 1.82) is 0 Å². The van der Waals surface area contributed by atoms with Crippen LogP contribution < -0.4 is 5.73 Å². The van der Waals surface area contributed by atoms with E-state index in [1.54, 1.807) is 0 Å². The fourth-order valence-electron chi connectivity index (χ4n) is 2.61. The third-order valence-corrected chi connectivity index (χ3v) is 4.21. The normalized spacial score (nSPS) is 14.0. The van der Waals surface area contributed by atoms with E-state index in [2.05, 4.69) is 28.1 Å². The average molecular weight is 356 g/mol. The Morgan fingerprint density at radius 3 is 2.19 bits per heavy atom. The zero-order chi connectivity index (χ0) is 16.0. The van der Waals surface area contributed by atoms with Crippen molar-refractivity contribution < 1.29 is 4.79 Å². The van der Waals surface area contributed by atoms with E-state index in [0.29, 0.717) is 6.54 Å². The van der Waals surface area contributed by atoms with Crippen LogP contribution in [-0.2, 0) is 4.79 Å². The Bertz CT molecular complexity index is 443. The number of carbonyl (C=O) groups is 1. The van der Waals surface area contributed by atoms with Gasteiger partial charge in [0.05, 0.1) is 6.54 Å². The number of carbonyl (C=O) groups excluding carboxylic acids is 1. The lowest BCUT2D eigenvalue weighted by Gasteiger charge is -2.32. The van der Waals surface area contributed by atoms with Gasteiger partial charge in [0, 0.05) is 29.6 Å². The van der Waals surface area contributed by atoms with E-state index in [9.17, 15) is 4.79 Å². The number of amides is 1. The van der Waals surface area contributed by atoms with E-state index in [4.69, 9.17) is 5.73 Å². The average Bonchev–Trinajstić information content (AvgIpc) is 2.42. The number of hydrogen-bond acceptors (Lipinski definition) is 3. The number of nitrogens with zero attached hydrogens (tertiary/aromatic N) is 2. The molecule has 0 heterocycles. The van der Waals surface area contributed by atoms with Crippen LogP contribution in [0.2, 0.25) is 0 Å². The molecule has 1 aromatic rings. The van der Waals surface area contributed by atoms with Crippen molar-refractivity contribution in [2.45, 2.75) is 32.9 Å². The van der Waals surface area contributed by atoms with E-state index >= 15 is 0 Å². The maximum Gasteiger partial charge on any atom is 0.236 e. The summed E-state index contributed by atoms with van der Waals surface area (Å²) in [5.41, 5.74) is 7.27. The lowest BCUT2D eigenvalue weighted by molar-refractivity contribution is -0.132. The molecule has 0 spiro atoms. The second kappa shape index (κ2) is 8.51. The summed E-state index contributed by atoms with van der Waals surface area (Å²) in [5.74, 6) is 0.144.